The van der Waals surface area contributed by atoms with Crippen LogP contribution in [0.5, 0.6) is 0 Å². The smallest absolute Gasteiger partial charge is 0.320 e. The lowest BCUT2D eigenvalue weighted by molar-refractivity contribution is 0.0937. The number of rotatable bonds is 9. The first-order valence-electron chi connectivity index (χ1n) is 12.8. The molecule has 2 heterocycles. The molecule has 208 valence electrons. The molecule has 3 aromatic rings. The van der Waals surface area contributed by atoms with Crippen molar-refractivity contribution in [1.82, 2.24) is 25.7 Å². The Bertz CT molecular complexity index is 1330. The van der Waals surface area contributed by atoms with E-state index in [9.17, 15) is 18.4 Å². The van der Waals surface area contributed by atoms with E-state index >= 15 is 0 Å². The summed E-state index contributed by atoms with van der Waals surface area (Å²) in [5.41, 5.74) is 1.07. The van der Waals surface area contributed by atoms with Gasteiger partial charge in [-0.25, -0.2) is 18.3 Å². The standard InChI is InChI=1S/C28H34F2N6O3/c1-17(2)32-26(37)24-18(3)25(36(35-24)20-8-6-5-7-9-20)33-27(38)34-28(12-13-39-4)16-31-15-21(28)19-10-11-22(29)23(30)14-19/h5-11,14,17,21,31H,12-13,15-16H2,1-4H3,(H,32,37)(H2,33,34,38)/t21-,28+/m0/s1. The molecule has 2 atom stereocenters. The van der Waals surface area contributed by atoms with Crippen LogP contribution in [0.2, 0.25) is 0 Å². The predicted octanol–water partition coefficient (Wildman–Crippen LogP) is 3.88. The first-order valence-corrected chi connectivity index (χ1v) is 12.8. The number of carbonyl (C=O) groups excluding carboxylic acids is 2. The average Bonchev–Trinajstić information content (AvgIpc) is 3.46. The molecular weight excluding hydrogens is 506 g/mol. The van der Waals surface area contributed by atoms with Crippen LogP contribution in [0.1, 0.15) is 47.8 Å². The number of hydrogen-bond acceptors (Lipinski definition) is 5. The molecule has 4 N–H and O–H groups in total. The minimum atomic E-state index is -0.945. The lowest BCUT2D eigenvalue weighted by Crippen LogP contribution is -2.55. The van der Waals surface area contributed by atoms with Crippen LogP contribution in [0.15, 0.2) is 48.5 Å². The van der Waals surface area contributed by atoms with Crippen LogP contribution in [0.25, 0.3) is 5.69 Å². The lowest BCUT2D eigenvalue weighted by Gasteiger charge is -2.36. The highest BCUT2D eigenvalue weighted by Gasteiger charge is 2.45. The van der Waals surface area contributed by atoms with E-state index < -0.39 is 23.2 Å². The number of ether oxygens (including phenoxy) is 1. The van der Waals surface area contributed by atoms with Crippen molar-refractivity contribution in [2.24, 2.45) is 0 Å². The number of hydrogen-bond donors (Lipinski definition) is 4. The van der Waals surface area contributed by atoms with E-state index in [2.05, 4.69) is 26.4 Å². The van der Waals surface area contributed by atoms with Gasteiger partial charge in [-0.05, 0) is 57.0 Å². The zero-order chi connectivity index (χ0) is 28.2. The molecule has 0 spiro atoms. The zero-order valence-corrected chi connectivity index (χ0v) is 22.5. The van der Waals surface area contributed by atoms with Crippen molar-refractivity contribution in [3.8, 4) is 5.69 Å². The molecule has 9 nitrogen and oxygen atoms in total. The number of nitrogens with one attached hydrogen (secondary N) is 4. The topological polar surface area (TPSA) is 109 Å². The maximum Gasteiger partial charge on any atom is 0.320 e. The van der Waals surface area contributed by atoms with E-state index in [1.807, 2.05) is 44.2 Å². The van der Waals surface area contributed by atoms with Gasteiger partial charge in [-0.2, -0.15) is 5.10 Å². The third-order valence-corrected chi connectivity index (χ3v) is 6.91. The summed E-state index contributed by atoms with van der Waals surface area (Å²) in [5, 5.41) is 16.6. The monoisotopic (exact) mass is 540 g/mol. The van der Waals surface area contributed by atoms with E-state index in [-0.39, 0.29) is 23.6 Å². The van der Waals surface area contributed by atoms with Gasteiger partial charge in [0, 0.05) is 44.3 Å². The Morgan fingerprint density at radius 3 is 2.59 bits per heavy atom. The Hall–Kier alpha value is -3.83. The maximum atomic E-state index is 14.1. The predicted molar refractivity (Wildman–Crippen MR) is 144 cm³/mol. The van der Waals surface area contributed by atoms with Crippen LogP contribution in [0, 0.1) is 18.6 Å². The Morgan fingerprint density at radius 1 is 1.18 bits per heavy atom. The molecule has 4 rings (SSSR count). The molecule has 0 unspecified atom stereocenters. The summed E-state index contributed by atoms with van der Waals surface area (Å²) in [5.74, 6) is -2.24. The second-order valence-electron chi connectivity index (χ2n) is 10.0. The Labute approximate surface area is 226 Å². The Morgan fingerprint density at radius 2 is 1.92 bits per heavy atom. The van der Waals surface area contributed by atoms with Gasteiger partial charge in [-0.15, -0.1) is 0 Å². The van der Waals surface area contributed by atoms with Gasteiger partial charge >= 0.3 is 6.03 Å². The Balaban J connectivity index is 1.67. The summed E-state index contributed by atoms with van der Waals surface area (Å²) in [6, 6.07) is 12.3. The molecular formula is C28H34F2N6O3. The zero-order valence-electron chi connectivity index (χ0n) is 22.5. The summed E-state index contributed by atoms with van der Waals surface area (Å²) in [6.07, 6.45) is 0.423. The van der Waals surface area contributed by atoms with Crippen LogP contribution < -0.4 is 21.3 Å². The second-order valence-corrected chi connectivity index (χ2v) is 10.0. The quantitative estimate of drug-likeness (QED) is 0.329. The fourth-order valence-electron chi connectivity index (χ4n) is 4.97. The number of amides is 3. The highest BCUT2D eigenvalue weighted by atomic mass is 19.2. The molecule has 0 aliphatic carbocycles. The van der Waals surface area contributed by atoms with E-state index in [1.54, 1.807) is 14.0 Å². The maximum absolute atomic E-state index is 14.1. The molecule has 1 aliphatic rings. The Kier molecular flexibility index (Phi) is 8.61. The van der Waals surface area contributed by atoms with Gasteiger partial charge in [0.25, 0.3) is 5.91 Å². The molecule has 0 bridgehead atoms. The highest BCUT2D eigenvalue weighted by molar-refractivity contribution is 5.97. The molecule has 11 heteroatoms. The minimum absolute atomic E-state index is 0.0952. The molecule has 1 aliphatic heterocycles. The van der Waals surface area contributed by atoms with Crippen molar-refractivity contribution in [3.63, 3.8) is 0 Å². The third kappa shape index (κ3) is 6.10. The fourth-order valence-corrected chi connectivity index (χ4v) is 4.97. The van der Waals surface area contributed by atoms with Crippen LogP contribution in [-0.4, -0.2) is 60.1 Å². The number of halogens is 2. The van der Waals surface area contributed by atoms with Crippen LogP contribution >= 0.6 is 0 Å². The summed E-state index contributed by atoms with van der Waals surface area (Å²) >= 11 is 0. The van der Waals surface area contributed by atoms with Crippen LogP contribution in [-0.2, 0) is 4.74 Å². The molecule has 0 radical (unpaired) electrons. The van der Waals surface area contributed by atoms with Crippen molar-refractivity contribution in [1.29, 1.82) is 0 Å². The molecule has 2 aromatic carbocycles. The van der Waals surface area contributed by atoms with Crippen molar-refractivity contribution in [2.45, 2.75) is 44.7 Å². The molecule has 0 saturated carbocycles. The number of anilines is 1. The normalized spacial score (nSPS) is 18.8. The van der Waals surface area contributed by atoms with Crippen molar-refractivity contribution >= 4 is 17.8 Å². The summed E-state index contributed by atoms with van der Waals surface area (Å²) in [4.78, 5) is 26.4. The van der Waals surface area contributed by atoms with Gasteiger partial charge in [0.05, 0.1) is 11.2 Å². The summed E-state index contributed by atoms with van der Waals surface area (Å²) in [7, 11) is 1.56. The average molecular weight is 541 g/mol. The van der Waals surface area contributed by atoms with E-state index in [0.29, 0.717) is 48.7 Å². The molecule has 1 aromatic heterocycles. The van der Waals surface area contributed by atoms with Crippen LogP contribution in [0.4, 0.5) is 19.4 Å². The van der Waals surface area contributed by atoms with Gasteiger partial charge in [-0.1, -0.05) is 24.3 Å². The first-order chi connectivity index (χ1) is 18.6. The van der Waals surface area contributed by atoms with Gasteiger partial charge in [0.1, 0.15) is 5.82 Å². The number of para-hydroxylation sites is 1. The van der Waals surface area contributed by atoms with Crippen molar-refractivity contribution in [3.05, 3.63) is 77.0 Å². The summed E-state index contributed by atoms with van der Waals surface area (Å²) < 4.78 is 34.6. The number of benzene rings is 2. The molecule has 1 fully saturated rings. The second kappa shape index (κ2) is 11.9. The van der Waals surface area contributed by atoms with Gasteiger partial charge in [0.2, 0.25) is 0 Å². The van der Waals surface area contributed by atoms with Crippen molar-refractivity contribution in [2.75, 3.05) is 32.1 Å². The molecule has 3 amide bonds. The van der Waals surface area contributed by atoms with Crippen LogP contribution in [0.3, 0.4) is 0 Å². The van der Waals surface area contributed by atoms with E-state index in [1.165, 1.54) is 16.8 Å². The fraction of sp³-hybridized carbons (Fsp3) is 0.393. The number of urea groups is 1. The molecule has 39 heavy (non-hydrogen) atoms. The minimum Gasteiger partial charge on any atom is -0.385 e. The van der Waals surface area contributed by atoms with E-state index in [4.69, 9.17) is 4.74 Å². The molecule has 1 saturated heterocycles. The first kappa shape index (κ1) is 28.2. The number of aromatic nitrogens is 2. The van der Waals surface area contributed by atoms with Gasteiger partial charge < -0.3 is 20.7 Å². The number of methoxy groups -OCH3 is 1. The lowest BCUT2D eigenvalue weighted by atomic mass is 9.79. The number of carbonyl (C=O) groups is 2. The number of nitrogens with zero attached hydrogens (tertiary/aromatic N) is 2. The van der Waals surface area contributed by atoms with Gasteiger partial charge in [0.15, 0.2) is 17.3 Å². The highest BCUT2D eigenvalue weighted by Crippen LogP contribution is 2.35. The largest absolute Gasteiger partial charge is 0.385 e. The summed E-state index contributed by atoms with van der Waals surface area (Å²) in [6.45, 7) is 6.61. The van der Waals surface area contributed by atoms with E-state index in [0.717, 1.165) is 6.07 Å². The SMILES string of the molecule is COCC[C@@]1(NC(=O)Nc2c(C)c(C(=O)NC(C)C)nn2-c2ccccc2)CNC[C@H]1c1ccc(F)c(F)c1. The van der Waals surface area contributed by atoms with Gasteiger partial charge in [-0.3, -0.25) is 10.1 Å². The van der Waals surface area contributed by atoms with Crippen molar-refractivity contribution < 1.29 is 23.1 Å². The third-order valence-electron chi connectivity index (χ3n) is 6.91.